The van der Waals surface area contributed by atoms with Gasteiger partial charge in [-0.05, 0) is 122 Å². The van der Waals surface area contributed by atoms with Crippen molar-refractivity contribution >= 4 is 17.9 Å². The molecule has 0 aromatic rings. The molecule has 0 heterocycles. The van der Waals surface area contributed by atoms with Gasteiger partial charge >= 0.3 is 17.9 Å². The number of allylic oxidation sites excluding steroid dienone is 20. The average molecular weight is 1040 g/mol. The predicted octanol–water partition coefficient (Wildman–Crippen LogP) is 21.2. The van der Waals surface area contributed by atoms with Gasteiger partial charge in [-0.1, -0.05) is 258 Å². The van der Waals surface area contributed by atoms with Crippen LogP contribution >= 0.6 is 0 Å². The van der Waals surface area contributed by atoms with Crippen molar-refractivity contribution in [3.63, 3.8) is 0 Å². The maximum Gasteiger partial charge on any atom is 0.306 e. The summed E-state index contributed by atoms with van der Waals surface area (Å²) in [6.45, 7) is 6.25. The number of unbranched alkanes of at least 4 members (excludes halogenated alkanes) is 24. The summed E-state index contributed by atoms with van der Waals surface area (Å²) in [5.41, 5.74) is 0. The first kappa shape index (κ1) is 70.8. The average Bonchev–Trinajstić information content (AvgIpc) is 3.41. The highest BCUT2D eigenvalue weighted by Gasteiger charge is 2.19. The lowest BCUT2D eigenvalue weighted by Crippen LogP contribution is -2.30. The standard InChI is InChI=1S/C69H114O6/c1-4-7-10-13-16-19-22-25-26-27-28-29-30-31-32-33-34-35-36-37-38-39-40-41-42-45-47-50-53-56-59-62-68(71)74-65-66(75-69(72)63-60-57-54-51-48-44-24-21-18-15-12-9-6-3)64-73-67(70)61-58-55-52-49-46-43-23-20-17-14-11-8-5-2/h7-12,16-21,25-26,28-29,43-44,46,48,66H,4-6,13-15,22-24,27,30-42,45,47,49-65H2,1-3H3/b10-7-,11-8-,12-9-,19-16-,20-17-,21-18-,26-25-,29-28-,46-43-,48-44-. The van der Waals surface area contributed by atoms with E-state index in [1.807, 2.05) is 0 Å². The Labute approximate surface area is 462 Å². The summed E-state index contributed by atoms with van der Waals surface area (Å²) in [6, 6.07) is 0. The summed E-state index contributed by atoms with van der Waals surface area (Å²) in [5.74, 6) is -0.958. The predicted molar refractivity (Wildman–Crippen MR) is 325 cm³/mol. The first-order valence-corrected chi connectivity index (χ1v) is 31.0. The summed E-state index contributed by atoms with van der Waals surface area (Å²) >= 11 is 0. The zero-order chi connectivity index (χ0) is 54.3. The van der Waals surface area contributed by atoms with Gasteiger partial charge in [-0.25, -0.2) is 0 Å². The second-order valence-corrected chi connectivity index (χ2v) is 20.2. The van der Waals surface area contributed by atoms with E-state index in [0.29, 0.717) is 12.8 Å². The van der Waals surface area contributed by atoms with Gasteiger partial charge < -0.3 is 14.2 Å². The Kier molecular flexibility index (Phi) is 58.9. The normalized spacial score (nSPS) is 12.9. The third-order valence-electron chi connectivity index (χ3n) is 12.9. The molecule has 426 valence electrons. The molecule has 0 amide bonds. The van der Waals surface area contributed by atoms with Crippen LogP contribution in [0.25, 0.3) is 0 Å². The fourth-order valence-corrected chi connectivity index (χ4v) is 8.40. The van der Waals surface area contributed by atoms with Crippen LogP contribution in [-0.4, -0.2) is 37.2 Å². The first-order chi connectivity index (χ1) is 37.0. The minimum absolute atomic E-state index is 0.0996. The third kappa shape index (κ3) is 60.6. The van der Waals surface area contributed by atoms with E-state index in [-0.39, 0.29) is 37.5 Å². The zero-order valence-electron chi connectivity index (χ0n) is 48.8. The second-order valence-electron chi connectivity index (χ2n) is 20.2. The second kappa shape index (κ2) is 62.4. The maximum atomic E-state index is 12.8. The molecular formula is C69H114O6. The Balaban J connectivity index is 4.18. The molecule has 1 unspecified atom stereocenters. The van der Waals surface area contributed by atoms with Crippen molar-refractivity contribution in [2.45, 2.75) is 284 Å². The Hall–Kier alpha value is -4.19. The number of carbonyl (C=O) groups is 3. The molecular weight excluding hydrogens is 925 g/mol. The lowest BCUT2D eigenvalue weighted by molar-refractivity contribution is -0.167. The lowest BCUT2D eigenvalue weighted by Gasteiger charge is -2.18. The fourth-order valence-electron chi connectivity index (χ4n) is 8.40. The molecule has 0 radical (unpaired) electrons. The van der Waals surface area contributed by atoms with Gasteiger partial charge in [-0.3, -0.25) is 14.4 Å². The van der Waals surface area contributed by atoms with Gasteiger partial charge in [0, 0.05) is 19.3 Å². The molecule has 0 saturated heterocycles. The molecule has 0 rings (SSSR count). The van der Waals surface area contributed by atoms with E-state index in [2.05, 4.69) is 142 Å². The van der Waals surface area contributed by atoms with Crippen LogP contribution in [0.1, 0.15) is 278 Å². The van der Waals surface area contributed by atoms with Crippen LogP contribution < -0.4 is 0 Å². The monoisotopic (exact) mass is 1040 g/mol. The van der Waals surface area contributed by atoms with Crippen LogP contribution in [0.2, 0.25) is 0 Å². The molecule has 0 N–H and O–H groups in total. The molecule has 75 heavy (non-hydrogen) atoms. The van der Waals surface area contributed by atoms with Crippen molar-refractivity contribution < 1.29 is 28.6 Å². The van der Waals surface area contributed by atoms with E-state index in [0.717, 1.165) is 135 Å². The highest BCUT2D eigenvalue weighted by Crippen LogP contribution is 2.16. The molecule has 6 nitrogen and oxygen atoms in total. The Morgan fingerprint density at radius 2 is 0.480 bits per heavy atom. The van der Waals surface area contributed by atoms with Crippen LogP contribution in [-0.2, 0) is 28.6 Å². The van der Waals surface area contributed by atoms with Gasteiger partial charge in [-0.15, -0.1) is 0 Å². The van der Waals surface area contributed by atoms with E-state index in [1.165, 1.54) is 103 Å². The minimum Gasteiger partial charge on any atom is -0.462 e. The number of carbonyl (C=O) groups excluding carboxylic acids is 3. The summed E-state index contributed by atoms with van der Waals surface area (Å²) in [6.07, 6.45) is 86.6. The van der Waals surface area contributed by atoms with E-state index in [4.69, 9.17) is 14.2 Å². The van der Waals surface area contributed by atoms with Crippen molar-refractivity contribution in [1.82, 2.24) is 0 Å². The van der Waals surface area contributed by atoms with E-state index in [1.54, 1.807) is 0 Å². The van der Waals surface area contributed by atoms with Gasteiger partial charge in [0.1, 0.15) is 13.2 Å². The van der Waals surface area contributed by atoms with E-state index in [9.17, 15) is 14.4 Å². The molecule has 0 aliphatic rings. The highest BCUT2D eigenvalue weighted by molar-refractivity contribution is 5.71. The van der Waals surface area contributed by atoms with Crippen LogP contribution in [0.15, 0.2) is 122 Å². The van der Waals surface area contributed by atoms with Crippen LogP contribution in [0.4, 0.5) is 0 Å². The van der Waals surface area contributed by atoms with Gasteiger partial charge in [0.15, 0.2) is 6.10 Å². The largest absolute Gasteiger partial charge is 0.462 e. The summed E-state index contributed by atoms with van der Waals surface area (Å²) in [7, 11) is 0. The number of rotatable bonds is 55. The minimum atomic E-state index is -0.806. The van der Waals surface area contributed by atoms with Crippen molar-refractivity contribution in [3.8, 4) is 0 Å². The van der Waals surface area contributed by atoms with Crippen molar-refractivity contribution in [2.75, 3.05) is 13.2 Å². The van der Waals surface area contributed by atoms with Crippen LogP contribution in [0.3, 0.4) is 0 Å². The Bertz CT molecular complexity index is 1570. The molecule has 0 spiro atoms. The molecule has 0 bridgehead atoms. The number of hydrogen-bond donors (Lipinski definition) is 0. The molecule has 0 aromatic carbocycles. The van der Waals surface area contributed by atoms with Crippen molar-refractivity contribution in [3.05, 3.63) is 122 Å². The number of hydrogen-bond acceptors (Lipinski definition) is 6. The number of esters is 3. The quantitative estimate of drug-likeness (QED) is 0.0261. The third-order valence-corrected chi connectivity index (χ3v) is 12.9. The molecule has 0 aromatic heterocycles. The summed E-state index contributed by atoms with van der Waals surface area (Å²) in [5, 5.41) is 0. The summed E-state index contributed by atoms with van der Waals surface area (Å²) in [4.78, 5) is 38.1. The maximum absolute atomic E-state index is 12.8. The molecule has 1 atom stereocenters. The van der Waals surface area contributed by atoms with Crippen LogP contribution in [0.5, 0.6) is 0 Å². The highest BCUT2D eigenvalue weighted by atomic mass is 16.6. The molecule has 6 heteroatoms. The lowest BCUT2D eigenvalue weighted by atomic mass is 10.0. The molecule has 0 fully saturated rings. The van der Waals surface area contributed by atoms with Crippen molar-refractivity contribution in [2.24, 2.45) is 0 Å². The van der Waals surface area contributed by atoms with E-state index < -0.39 is 6.10 Å². The van der Waals surface area contributed by atoms with Gasteiger partial charge in [0.25, 0.3) is 0 Å². The Morgan fingerprint density at radius 1 is 0.267 bits per heavy atom. The molecule has 0 aliphatic heterocycles. The SMILES string of the molecule is CC/C=C\C/C=C\C/C=C\C/C=C\CCCCCCCCCCCCCCCCCCCCC(=O)OCC(COC(=O)CCCCC/C=C\C/C=C\C/C=C\CC)OC(=O)CCCCC/C=C\C/C=C\C/C=C\CC. The smallest absolute Gasteiger partial charge is 0.306 e. The van der Waals surface area contributed by atoms with Crippen molar-refractivity contribution in [1.29, 1.82) is 0 Å². The summed E-state index contributed by atoms with van der Waals surface area (Å²) < 4.78 is 16.8. The zero-order valence-corrected chi connectivity index (χ0v) is 48.8. The van der Waals surface area contributed by atoms with Gasteiger partial charge in [0.2, 0.25) is 0 Å². The number of ether oxygens (including phenoxy) is 3. The van der Waals surface area contributed by atoms with Crippen LogP contribution in [0, 0.1) is 0 Å². The molecule has 0 saturated carbocycles. The van der Waals surface area contributed by atoms with E-state index >= 15 is 0 Å². The topological polar surface area (TPSA) is 78.9 Å². The van der Waals surface area contributed by atoms with Gasteiger partial charge in [-0.2, -0.15) is 0 Å². The Morgan fingerprint density at radius 3 is 0.760 bits per heavy atom. The first-order valence-electron chi connectivity index (χ1n) is 31.0. The van der Waals surface area contributed by atoms with Gasteiger partial charge in [0.05, 0.1) is 0 Å². The fraction of sp³-hybridized carbons (Fsp3) is 0.667. The molecule has 0 aliphatic carbocycles.